The van der Waals surface area contributed by atoms with E-state index in [1.54, 1.807) is 56.3 Å². The summed E-state index contributed by atoms with van der Waals surface area (Å²) in [6, 6.07) is 16.0. The van der Waals surface area contributed by atoms with Crippen LogP contribution in [0.3, 0.4) is 0 Å². The second-order valence-corrected chi connectivity index (χ2v) is 10.1. The molecular formula is C27H25NO6S. The summed E-state index contributed by atoms with van der Waals surface area (Å²) in [6.45, 7) is 5.19. The van der Waals surface area contributed by atoms with Crippen LogP contribution in [0.2, 0.25) is 0 Å². The van der Waals surface area contributed by atoms with E-state index >= 15 is 0 Å². The molecule has 35 heavy (non-hydrogen) atoms. The van der Waals surface area contributed by atoms with E-state index in [2.05, 4.69) is 4.72 Å². The topological polar surface area (TPSA) is 113 Å². The minimum absolute atomic E-state index is 0.0828. The molecule has 4 aromatic carbocycles. The molecule has 4 aromatic rings. The van der Waals surface area contributed by atoms with Crippen molar-refractivity contribution < 1.29 is 28.2 Å². The smallest absolute Gasteiger partial charge is 0.337 e. The number of hydrogen-bond acceptors (Lipinski definition) is 6. The minimum atomic E-state index is -3.90. The number of carbonyl (C=O) groups excluding carboxylic acids is 1. The number of phenols is 2. The minimum Gasteiger partial charge on any atom is -0.507 e. The third-order valence-corrected chi connectivity index (χ3v) is 7.38. The molecule has 8 heteroatoms. The number of carbonyl (C=O) groups is 1. The van der Waals surface area contributed by atoms with Crippen LogP contribution in [0.5, 0.6) is 11.5 Å². The molecule has 3 N–H and O–H groups in total. The molecule has 0 unspecified atom stereocenters. The SMILES string of the molecule is COC(=O)c1ccc2c(-c3c(C)c(NS(=O)(=O)c4ccc(C)cc4)cc(C)c3O)c(O)ccc2c1. The van der Waals surface area contributed by atoms with Gasteiger partial charge in [0.15, 0.2) is 0 Å². The fraction of sp³-hybridized carbons (Fsp3) is 0.148. The van der Waals surface area contributed by atoms with Gasteiger partial charge < -0.3 is 14.9 Å². The predicted octanol–water partition coefficient (Wildman–Crippen LogP) is 5.43. The maximum atomic E-state index is 13.1. The van der Waals surface area contributed by atoms with Crippen molar-refractivity contribution >= 4 is 32.5 Å². The van der Waals surface area contributed by atoms with Crippen LogP contribution in [0.25, 0.3) is 21.9 Å². The van der Waals surface area contributed by atoms with Gasteiger partial charge >= 0.3 is 5.97 Å². The van der Waals surface area contributed by atoms with Crippen LogP contribution >= 0.6 is 0 Å². The summed E-state index contributed by atoms with van der Waals surface area (Å²) >= 11 is 0. The molecule has 7 nitrogen and oxygen atoms in total. The summed E-state index contributed by atoms with van der Waals surface area (Å²) in [5, 5.41) is 23.0. The zero-order chi connectivity index (χ0) is 25.5. The molecule has 180 valence electrons. The summed E-state index contributed by atoms with van der Waals surface area (Å²) in [5.41, 5.74) is 3.03. The van der Waals surface area contributed by atoms with E-state index in [-0.39, 0.29) is 22.1 Å². The summed E-state index contributed by atoms with van der Waals surface area (Å²) in [6.07, 6.45) is 0. The number of esters is 1. The van der Waals surface area contributed by atoms with E-state index in [4.69, 9.17) is 4.74 Å². The molecule has 0 aliphatic carbocycles. The lowest BCUT2D eigenvalue weighted by atomic mass is 9.90. The molecule has 0 bridgehead atoms. The Labute approximate surface area is 203 Å². The summed E-state index contributed by atoms with van der Waals surface area (Å²) in [5.74, 6) is -0.677. The van der Waals surface area contributed by atoms with Crippen molar-refractivity contribution in [2.24, 2.45) is 0 Å². The molecule has 0 aromatic heterocycles. The molecule has 0 spiro atoms. The van der Waals surface area contributed by atoms with E-state index in [1.807, 2.05) is 6.92 Å². The zero-order valence-electron chi connectivity index (χ0n) is 19.7. The first-order valence-corrected chi connectivity index (χ1v) is 12.3. The van der Waals surface area contributed by atoms with Gasteiger partial charge in [-0.25, -0.2) is 13.2 Å². The molecule has 0 saturated heterocycles. The average molecular weight is 492 g/mol. The van der Waals surface area contributed by atoms with Crippen LogP contribution < -0.4 is 4.72 Å². The quantitative estimate of drug-likeness (QED) is 0.253. The van der Waals surface area contributed by atoms with Crippen LogP contribution in [0.4, 0.5) is 5.69 Å². The lowest BCUT2D eigenvalue weighted by molar-refractivity contribution is 0.0601. The van der Waals surface area contributed by atoms with Crippen molar-refractivity contribution in [3.8, 4) is 22.6 Å². The number of aryl methyl sites for hydroxylation is 2. The normalized spacial score (nSPS) is 11.4. The van der Waals surface area contributed by atoms with Gasteiger partial charge in [0.25, 0.3) is 10.0 Å². The summed E-state index contributed by atoms with van der Waals surface area (Å²) < 4.78 is 33.5. The maximum Gasteiger partial charge on any atom is 0.337 e. The average Bonchev–Trinajstić information content (AvgIpc) is 2.83. The number of anilines is 1. The summed E-state index contributed by atoms with van der Waals surface area (Å²) in [4.78, 5) is 12.1. The van der Waals surface area contributed by atoms with E-state index in [1.165, 1.54) is 25.3 Å². The van der Waals surface area contributed by atoms with Crippen LogP contribution in [-0.2, 0) is 14.8 Å². The maximum absolute atomic E-state index is 13.1. The Morgan fingerprint density at radius 1 is 0.886 bits per heavy atom. The number of aromatic hydroxyl groups is 2. The molecule has 0 atom stereocenters. The highest BCUT2D eigenvalue weighted by molar-refractivity contribution is 7.92. The Bertz CT molecular complexity index is 1570. The first-order valence-electron chi connectivity index (χ1n) is 10.8. The van der Waals surface area contributed by atoms with Gasteiger partial charge in [-0.15, -0.1) is 0 Å². The Morgan fingerprint density at radius 3 is 2.23 bits per heavy atom. The van der Waals surface area contributed by atoms with Gasteiger partial charge in [-0.1, -0.05) is 29.8 Å². The van der Waals surface area contributed by atoms with Crippen molar-refractivity contribution in [2.45, 2.75) is 25.7 Å². The molecule has 0 saturated carbocycles. The van der Waals surface area contributed by atoms with Gasteiger partial charge in [-0.2, -0.15) is 0 Å². The van der Waals surface area contributed by atoms with Gasteiger partial charge in [0.2, 0.25) is 0 Å². The number of benzene rings is 4. The molecular weight excluding hydrogens is 466 g/mol. The number of rotatable bonds is 5. The Morgan fingerprint density at radius 2 is 1.57 bits per heavy atom. The van der Waals surface area contributed by atoms with Crippen LogP contribution in [-0.4, -0.2) is 31.7 Å². The first-order chi connectivity index (χ1) is 16.5. The highest BCUT2D eigenvalue weighted by atomic mass is 32.2. The van der Waals surface area contributed by atoms with E-state index in [0.29, 0.717) is 38.6 Å². The van der Waals surface area contributed by atoms with E-state index in [0.717, 1.165) is 5.56 Å². The monoisotopic (exact) mass is 491 g/mol. The summed E-state index contributed by atoms with van der Waals surface area (Å²) in [7, 11) is -2.60. The molecule has 0 aliphatic rings. The number of hydrogen-bond donors (Lipinski definition) is 3. The molecule has 0 heterocycles. The molecule has 0 aliphatic heterocycles. The number of fused-ring (bicyclic) bond motifs is 1. The van der Waals surface area contributed by atoms with Crippen molar-refractivity contribution in [2.75, 3.05) is 11.8 Å². The molecule has 0 radical (unpaired) electrons. The van der Waals surface area contributed by atoms with Crippen molar-refractivity contribution in [1.29, 1.82) is 0 Å². The van der Waals surface area contributed by atoms with Gasteiger partial charge in [-0.3, -0.25) is 4.72 Å². The molecule has 4 rings (SSSR count). The van der Waals surface area contributed by atoms with Crippen molar-refractivity contribution in [1.82, 2.24) is 0 Å². The largest absolute Gasteiger partial charge is 0.507 e. The number of sulfonamides is 1. The van der Waals surface area contributed by atoms with E-state index in [9.17, 15) is 23.4 Å². The molecule has 0 fully saturated rings. The van der Waals surface area contributed by atoms with Gasteiger partial charge in [0.1, 0.15) is 11.5 Å². The third kappa shape index (κ3) is 4.40. The van der Waals surface area contributed by atoms with Crippen LogP contribution in [0.15, 0.2) is 65.6 Å². The standard InChI is InChI=1S/C27H25NO6S/c1-15-5-9-20(10-6-15)35(32,33)28-22-13-16(2)26(30)24(17(22)3)25-21-11-7-19(27(31)34-4)14-18(21)8-12-23(25)29/h5-14,28-30H,1-4H3. The Hall–Kier alpha value is -4.04. The van der Waals surface area contributed by atoms with Crippen molar-refractivity contribution in [3.63, 3.8) is 0 Å². The number of ether oxygens (including phenoxy) is 1. The fourth-order valence-electron chi connectivity index (χ4n) is 4.06. The van der Waals surface area contributed by atoms with Gasteiger partial charge in [0.05, 0.1) is 23.3 Å². The number of nitrogens with one attached hydrogen (secondary N) is 1. The highest BCUT2D eigenvalue weighted by Gasteiger charge is 2.23. The second kappa shape index (κ2) is 8.96. The zero-order valence-corrected chi connectivity index (χ0v) is 20.5. The Balaban J connectivity index is 1.91. The first kappa shape index (κ1) is 24.1. The highest BCUT2D eigenvalue weighted by Crippen LogP contribution is 2.46. The van der Waals surface area contributed by atoms with Gasteiger partial charge in [0, 0.05) is 11.1 Å². The number of methoxy groups -OCH3 is 1. The van der Waals surface area contributed by atoms with E-state index < -0.39 is 16.0 Å². The third-order valence-electron chi connectivity index (χ3n) is 5.99. The predicted molar refractivity (Wildman–Crippen MR) is 136 cm³/mol. The van der Waals surface area contributed by atoms with Gasteiger partial charge in [-0.05, 0) is 79.1 Å². The Kier molecular flexibility index (Phi) is 6.17. The lowest BCUT2D eigenvalue weighted by Crippen LogP contribution is -2.14. The fourth-order valence-corrected chi connectivity index (χ4v) is 5.18. The second-order valence-electron chi connectivity index (χ2n) is 8.40. The lowest BCUT2D eigenvalue weighted by Gasteiger charge is -2.19. The van der Waals surface area contributed by atoms with Crippen LogP contribution in [0.1, 0.15) is 27.0 Å². The number of phenolic OH excluding ortho intramolecular Hbond substituents is 2. The van der Waals surface area contributed by atoms with Crippen molar-refractivity contribution in [3.05, 3.63) is 82.9 Å². The molecule has 0 amide bonds. The van der Waals surface area contributed by atoms with Crippen LogP contribution in [0, 0.1) is 20.8 Å².